The molecule has 2 aliphatic rings. The van der Waals surface area contributed by atoms with Gasteiger partial charge in [-0.15, -0.1) is 0 Å². The zero-order chi connectivity index (χ0) is 15.7. The smallest absolute Gasteiger partial charge is 0.309 e. The largest absolute Gasteiger partial charge is 0.481 e. The van der Waals surface area contributed by atoms with E-state index in [0.29, 0.717) is 11.5 Å². The van der Waals surface area contributed by atoms with Crippen molar-refractivity contribution in [3.63, 3.8) is 0 Å². The Morgan fingerprint density at radius 1 is 1.24 bits per heavy atom. The summed E-state index contributed by atoms with van der Waals surface area (Å²) in [5, 5.41) is 9.62. The summed E-state index contributed by atoms with van der Waals surface area (Å²) in [6.07, 6.45) is 7.36. The molecule has 0 radical (unpaired) electrons. The molecule has 3 nitrogen and oxygen atoms in total. The number of nitrogens with zero attached hydrogens (tertiary/aromatic N) is 1. The van der Waals surface area contributed by atoms with Gasteiger partial charge in [-0.1, -0.05) is 34.1 Å². The average Bonchev–Trinajstić information content (AvgIpc) is 2.39. The molecule has 1 aliphatic heterocycles. The summed E-state index contributed by atoms with van der Waals surface area (Å²) in [6, 6.07) is 0.673. The third kappa shape index (κ3) is 3.61. The number of aliphatic carboxylic acids is 1. The number of piperidine rings is 1. The van der Waals surface area contributed by atoms with Crippen LogP contribution in [0.4, 0.5) is 0 Å². The number of carboxylic acids is 1. The SMILES string of the molecule is CCCC1(C(=O)O)CCN(C2CCC(C)(C)CC2C)CC1. The van der Waals surface area contributed by atoms with Crippen LogP contribution >= 0.6 is 0 Å². The lowest BCUT2D eigenvalue weighted by atomic mass is 9.69. The van der Waals surface area contributed by atoms with E-state index in [1.165, 1.54) is 19.3 Å². The lowest BCUT2D eigenvalue weighted by Crippen LogP contribution is -2.51. The topological polar surface area (TPSA) is 40.5 Å². The van der Waals surface area contributed by atoms with Crippen molar-refractivity contribution < 1.29 is 9.90 Å². The summed E-state index contributed by atoms with van der Waals surface area (Å²) in [4.78, 5) is 14.3. The monoisotopic (exact) mass is 295 g/mol. The molecule has 0 aromatic rings. The van der Waals surface area contributed by atoms with Gasteiger partial charge in [0.1, 0.15) is 0 Å². The van der Waals surface area contributed by atoms with Crippen LogP contribution in [0.3, 0.4) is 0 Å². The van der Waals surface area contributed by atoms with Gasteiger partial charge in [-0.25, -0.2) is 0 Å². The lowest BCUT2D eigenvalue weighted by molar-refractivity contribution is -0.153. The fraction of sp³-hybridized carbons (Fsp3) is 0.944. The maximum absolute atomic E-state index is 11.7. The summed E-state index contributed by atoms with van der Waals surface area (Å²) >= 11 is 0. The van der Waals surface area contributed by atoms with E-state index in [4.69, 9.17) is 0 Å². The van der Waals surface area contributed by atoms with Crippen molar-refractivity contribution in [1.29, 1.82) is 0 Å². The van der Waals surface area contributed by atoms with Crippen LogP contribution in [-0.4, -0.2) is 35.1 Å². The second kappa shape index (κ2) is 6.28. The molecule has 21 heavy (non-hydrogen) atoms. The third-order valence-electron chi connectivity index (χ3n) is 6.05. The summed E-state index contributed by atoms with van der Waals surface area (Å²) < 4.78 is 0. The van der Waals surface area contributed by atoms with Crippen molar-refractivity contribution in [2.75, 3.05) is 13.1 Å². The Labute approximate surface area is 130 Å². The molecule has 2 unspecified atom stereocenters. The van der Waals surface area contributed by atoms with Gasteiger partial charge in [-0.3, -0.25) is 4.79 Å². The maximum atomic E-state index is 11.7. The maximum Gasteiger partial charge on any atom is 0.309 e. The molecule has 1 saturated carbocycles. The Balaban J connectivity index is 1.96. The van der Waals surface area contributed by atoms with Crippen molar-refractivity contribution in [2.24, 2.45) is 16.7 Å². The highest BCUT2D eigenvalue weighted by Gasteiger charge is 2.43. The van der Waals surface area contributed by atoms with Crippen LogP contribution in [0, 0.1) is 16.7 Å². The molecule has 2 rings (SSSR count). The molecular formula is C18H33NO2. The Morgan fingerprint density at radius 2 is 1.86 bits per heavy atom. The molecule has 0 aromatic carbocycles. The minimum absolute atomic E-state index is 0.442. The van der Waals surface area contributed by atoms with Crippen molar-refractivity contribution in [2.45, 2.75) is 78.7 Å². The molecule has 122 valence electrons. The van der Waals surface area contributed by atoms with Crippen molar-refractivity contribution in [1.82, 2.24) is 4.90 Å². The fourth-order valence-corrected chi connectivity index (χ4v) is 4.81. The number of rotatable bonds is 4. The van der Waals surface area contributed by atoms with Crippen molar-refractivity contribution >= 4 is 5.97 Å². The molecule has 2 atom stereocenters. The van der Waals surface area contributed by atoms with Gasteiger partial charge in [0, 0.05) is 6.04 Å². The molecule has 1 saturated heterocycles. The van der Waals surface area contributed by atoms with Crippen molar-refractivity contribution in [3.8, 4) is 0 Å². The first-order chi connectivity index (χ1) is 9.80. The van der Waals surface area contributed by atoms with Crippen LogP contribution in [-0.2, 0) is 4.79 Å². The Hall–Kier alpha value is -0.570. The van der Waals surface area contributed by atoms with E-state index in [0.717, 1.165) is 44.7 Å². The van der Waals surface area contributed by atoms with E-state index in [1.807, 2.05) is 0 Å². The molecular weight excluding hydrogens is 262 g/mol. The van der Waals surface area contributed by atoms with Crippen LogP contribution in [0.25, 0.3) is 0 Å². The number of hydrogen-bond acceptors (Lipinski definition) is 2. The Morgan fingerprint density at radius 3 is 2.33 bits per heavy atom. The number of carbonyl (C=O) groups is 1. The highest BCUT2D eigenvalue weighted by Crippen LogP contribution is 2.43. The van der Waals surface area contributed by atoms with E-state index in [9.17, 15) is 9.90 Å². The van der Waals surface area contributed by atoms with Gasteiger partial charge in [-0.2, -0.15) is 0 Å². The van der Waals surface area contributed by atoms with E-state index < -0.39 is 11.4 Å². The number of carboxylic acid groups (broad SMARTS) is 1. The van der Waals surface area contributed by atoms with E-state index in [2.05, 4.69) is 32.6 Å². The Bertz CT molecular complexity index is 369. The van der Waals surface area contributed by atoms with Gasteiger partial charge in [0.15, 0.2) is 0 Å². The second-order valence-electron chi connectivity index (χ2n) is 8.32. The Kier molecular flexibility index (Phi) is 5.02. The lowest BCUT2D eigenvalue weighted by Gasteiger charge is -2.48. The van der Waals surface area contributed by atoms with Gasteiger partial charge in [-0.05, 0) is 62.9 Å². The zero-order valence-electron chi connectivity index (χ0n) is 14.3. The first-order valence-electron chi connectivity index (χ1n) is 8.77. The van der Waals surface area contributed by atoms with Gasteiger partial charge in [0.05, 0.1) is 5.41 Å². The minimum atomic E-state index is -0.568. The first-order valence-corrected chi connectivity index (χ1v) is 8.77. The van der Waals surface area contributed by atoms with Crippen LogP contribution in [0.5, 0.6) is 0 Å². The molecule has 0 bridgehead atoms. The second-order valence-corrected chi connectivity index (χ2v) is 8.32. The quantitative estimate of drug-likeness (QED) is 0.846. The van der Waals surface area contributed by atoms with E-state index in [-0.39, 0.29) is 0 Å². The van der Waals surface area contributed by atoms with Gasteiger partial charge in [0.25, 0.3) is 0 Å². The molecule has 0 aromatic heterocycles. The molecule has 2 fully saturated rings. The zero-order valence-corrected chi connectivity index (χ0v) is 14.3. The molecule has 1 heterocycles. The minimum Gasteiger partial charge on any atom is -0.481 e. The van der Waals surface area contributed by atoms with E-state index >= 15 is 0 Å². The molecule has 1 N–H and O–H groups in total. The number of likely N-dealkylation sites (tertiary alicyclic amines) is 1. The highest BCUT2D eigenvalue weighted by molar-refractivity contribution is 5.74. The van der Waals surface area contributed by atoms with Crippen molar-refractivity contribution in [3.05, 3.63) is 0 Å². The normalized spacial score (nSPS) is 32.8. The van der Waals surface area contributed by atoms with Gasteiger partial charge < -0.3 is 10.0 Å². The summed E-state index contributed by atoms with van der Waals surface area (Å²) in [5.41, 5.74) is 0.0428. The summed E-state index contributed by atoms with van der Waals surface area (Å²) in [7, 11) is 0. The fourth-order valence-electron chi connectivity index (χ4n) is 4.81. The number of hydrogen-bond donors (Lipinski definition) is 1. The predicted octanol–water partition coefficient (Wildman–Crippen LogP) is 4.17. The van der Waals surface area contributed by atoms with Gasteiger partial charge in [0.2, 0.25) is 0 Å². The standard InChI is InChI=1S/C18H33NO2/c1-5-7-18(16(20)21)9-11-19(12-10-18)15-6-8-17(3,4)13-14(15)2/h14-15H,5-13H2,1-4H3,(H,20,21). The molecule has 0 spiro atoms. The van der Waals surface area contributed by atoms with Gasteiger partial charge >= 0.3 is 5.97 Å². The van der Waals surface area contributed by atoms with Crippen LogP contribution in [0.1, 0.15) is 72.6 Å². The van der Waals surface area contributed by atoms with Crippen LogP contribution < -0.4 is 0 Å². The highest BCUT2D eigenvalue weighted by atomic mass is 16.4. The molecule has 1 aliphatic carbocycles. The summed E-state index contributed by atoms with van der Waals surface area (Å²) in [5.74, 6) is 0.166. The molecule has 0 amide bonds. The summed E-state index contributed by atoms with van der Waals surface area (Å²) in [6.45, 7) is 11.2. The average molecular weight is 295 g/mol. The van der Waals surface area contributed by atoms with Crippen LogP contribution in [0.15, 0.2) is 0 Å². The molecule has 3 heteroatoms. The van der Waals surface area contributed by atoms with E-state index in [1.54, 1.807) is 0 Å². The van der Waals surface area contributed by atoms with Crippen LogP contribution in [0.2, 0.25) is 0 Å². The third-order valence-corrected chi connectivity index (χ3v) is 6.05. The predicted molar refractivity (Wildman–Crippen MR) is 86.4 cm³/mol. The first kappa shape index (κ1) is 16.8.